The Hall–Kier alpha value is -2.10. The van der Waals surface area contributed by atoms with Crippen LogP contribution in [0.1, 0.15) is 43.0 Å². The van der Waals surface area contributed by atoms with Gasteiger partial charge in [0.25, 0.3) is 0 Å². The van der Waals surface area contributed by atoms with Crippen molar-refractivity contribution in [2.24, 2.45) is 5.92 Å². The molecule has 1 atom stereocenters. The molecule has 8 nitrogen and oxygen atoms in total. The van der Waals surface area contributed by atoms with Gasteiger partial charge in [-0.05, 0) is 43.4 Å². The second-order valence-corrected chi connectivity index (χ2v) is 11.2. The highest BCUT2D eigenvalue weighted by Gasteiger charge is 2.51. The van der Waals surface area contributed by atoms with E-state index in [2.05, 4.69) is 4.98 Å². The number of fused-ring (bicyclic) bond motifs is 4. The molecule has 5 rings (SSSR count). The Balaban J connectivity index is 1.65. The molecule has 0 bridgehead atoms. The van der Waals surface area contributed by atoms with Crippen LogP contribution in [0.15, 0.2) is 18.2 Å². The first kappa shape index (κ1) is 20.8. The number of aromatic nitrogens is 1. The van der Waals surface area contributed by atoms with Crippen LogP contribution in [0.4, 0.5) is 0 Å². The maximum absolute atomic E-state index is 13.2. The van der Waals surface area contributed by atoms with E-state index < -0.39 is 16.1 Å². The number of sulfonamides is 1. The lowest BCUT2D eigenvalue weighted by Crippen LogP contribution is -2.56. The van der Waals surface area contributed by atoms with E-state index in [1.165, 1.54) is 10.6 Å². The van der Waals surface area contributed by atoms with E-state index in [0.717, 1.165) is 40.8 Å². The van der Waals surface area contributed by atoms with Crippen molar-refractivity contribution in [2.75, 3.05) is 39.6 Å². The molecule has 1 aromatic carbocycles. The number of carbonyl (C=O) groups excluding carboxylic acids is 1. The zero-order valence-electron chi connectivity index (χ0n) is 17.9. The lowest BCUT2D eigenvalue weighted by molar-refractivity contribution is -0.138. The first-order valence-corrected chi connectivity index (χ1v) is 12.7. The monoisotopic (exact) mass is 447 g/mol. The summed E-state index contributed by atoms with van der Waals surface area (Å²) in [6, 6.07) is 5.47. The number of piperidine rings is 1. The van der Waals surface area contributed by atoms with Crippen LogP contribution in [0.3, 0.4) is 0 Å². The van der Waals surface area contributed by atoms with Gasteiger partial charge in [0.2, 0.25) is 15.9 Å². The van der Waals surface area contributed by atoms with Crippen LogP contribution in [-0.2, 0) is 20.2 Å². The molecule has 2 aromatic rings. The Morgan fingerprint density at radius 3 is 2.58 bits per heavy atom. The van der Waals surface area contributed by atoms with Gasteiger partial charge >= 0.3 is 0 Å². The zero-order chi connectivity index (χ0) is 22.0. The second kappa shape index (κ2) is 7.21. The van der Waals surface area contributed by atoms with Gasteiger partial charge in [0.15, 0.2) is 0 Å². The summed E-state index contributed by atoms with van der Waals surface area (Å²) in [5.41, 5.74) is 2.56. The minimum Gasteiger partial charge on any atom is -0.497 e. The predicted molar refractivity (Wildman–Crippen MR) is 116 cm³/mol. The van der Waals surface area contributed by atoms with Gasteiger partial charge in [-0.25, -0.2) is 12.7 Å². The van der Waals surface area contributed by atoms with E-state index in [0.29, 0.717) is 32.5 Å². The summed E-state index contributed by atoms with van der Waals surface area (Å²) in [7, 11) is -1.63. The van der Waals surface area contributed by atoms with Crippen LogP contribution in [0, 0.1) is 5.92 Å². The molecular formula is C22H29N3O5S. The average molecular weight is 448 g/mol. The second-order valence-electron chi connectivity index (χ2n) is 9.21. The average Bonchev–Trinajstić information content (AvgIpc) is 3.52. The van der Waals surface area contributed by atoms with Crippen LogP contribution < -0.4 is 4.74 Å². The molecule has 9 heteroatoms. The molecule has 2 aliphatic heterocycles. The van der Waals surface area contributed by atoms with Gasteiger partial charge in [-0.3, -0.25) is 4.79 Å². The molecule has 3 aliphatic rings. The highest BCUT2D eigenvalue weighted by molar-refractivity contribution is 7.88. The number of aromatic amines is 1. The lowest BCUT2D eigenvalue weighted by Gasteiger charge is -2.50. The van der Waals surface area contributed by atoms with Crippen LogP contribution in [-0.4, -0.2) is 73.2 Å². The van der Waals surface area contributed by atoms with E-state index in [9.17, 15) is 18.3 Å². The van der Waals surface area contributed by atoms with Gasteiger partial charge in [0.05, 0.1) is 26.0 Å². The van der Waals surface area contributed by atoms with Crippen molar-refractivity contribution >= 4 is 26.8 Å². The van der Waals surface area contributed by atoms with Gasteiger partial charge in [-0.15, -0.1) is 0 Å². The van der Waals surface area contributed by atoms with Gasteiger partial charge in [0.1, 0.15) is 5.75 Å². The van der Waals surface area contributed by atoms with Crippen molar-refractivity contribution in [3.8, 4) is 5.75 Å². The summed E-state index contributed by atoms with van der Waals surface area (Å²) in [4.78, 5) is 18.5. The topological polar surface area (TPSA) is 103 Å². The first-order valence-electron chi connectivity index (χ1n) is 10.8. The fourth-order valence-corrected chi connectivity index (χ4v) is 6.30. The smallest absolute Gasteiger partial charge is 0.226 e. The number of benzene rings is 1. The van der Waals surface area contributed by atoms with E-state index in [1.807, 2.05) is 23.1 Å². The van der Waals surface area contributed by atoms with Crippen molar-refractivity contribution in [1.29, 1.82) is 0 Å². The van der Waals surface area contributed by atoms with E-state index in [-0.39, 0.29) is 23.8 Å². The van der Waals surface area contributed by atoms with Crippen molar-refractivity contribution in [3.63, 3.8) is 0 Å². The quantitative estimate of drug-likeness (QED) is 0.743. The molecule has 31 heavy (non-hydrogen) atoms. The SMILES string of the molecule is COc1ccc2c3c([nH]c2c1)[C@H](CO)N(C(=O)C1CC1)CC31CCN(S(C)(=O)=O)CC1. The molecule has 0 radical (unpaired) electrons. The normalized spacial score (nSPS) is 23.8. The van der Waals surface area contributed by atoms with Crippen molar-refractivity contribution in [3.05, 3.63) is 29.5 Å². The summed E-state index contributed by atoms with van der Waals surface area (Å²) in [5.74, 6) is 0.887. The Kier molecular flexibility index (Phi) is 4.84. The summed E-state index contributed by atoms with van der Waals surface area (Å²) < 4.78 is 31.1. The number of aliphatic hydroxyl groups excluding tert-OH is 1. The third kappa shape index (κ3) is 3.34. The number of methoxy groups -OCH3 is 1. The minimum absolute atomic E-state index is 0.0493. The third-order valence-corrected chi connectivity index (χ3v) is 8.58. The van der Waals surface area contributed by atoms with Crippen molar-refractivity contribution < 1.29 is 23.1 Å². The van der Waals surface area contributed by atoms with Crippen LogP contribution in [0.25, 0.3) is 10.9 Å². The van der Waals surface area contributed by atoms with Crippen LogP contribution in [0.2, 0.25) is 0 Å². The predicted octanol–water partition coefficient (Wildman–Crippen LogP) is 1.76. The highest BCUT2D eigenvalue weighted by atomic mass is 32.2. The maximum atomic E-state index is 13.2. The molecule has 0 unspecified atom stereocenters. The number of carbonyl (C=O) groups is 1. The number of hydrogen-bond donors (Lipinski definition) is 2. The fraction of sp³-hybridized carbons (Fsp3) is 0.591. The first-order chi connectivity index (χ1) is 14.8. The van der Waals surface area contributed by atoms with Crippen molar-refractivity contribution in [1.82, 2.24) is 14.2 Å². The number of H-pyrrole nitrogens is 1. The maximum Gasteiger partial charge on any atom is 0.226 e. The zero-order valence-corrected chi connectivity index (χ0v) is 18.7. The number of amides is 1. The minimum atomic E-state index is -3.26. The number of nitrogens with one attached hydrogen (secondary N) is 1. The van der Waals surface area contributed by atoms with Crippen LogP contribution in [0.5, 0.6) is 5.75 Å². The lowest BCUT2D eigenvalue weighted by atomic mass is 9.68. The highest BCUT2D eigenvalue weighted by Crippen LogP contribution is 2.50. The largest absolute Gasteiger partial charge is 0.497 e. The van der Waals surface area contributed by atoms with Gasteiger partial charge in [-0.1, -0.05) is 0 Å². The van der Waals surface area contributed by atoms with Gasteiger partial charge < -0.3 is 19.7 Å². The summed E-state index contributed by atoms with van der Waals surface area (Å²) in [5, 5.41) is 11.4. The van der Waals surface area contributed by atoms with E-state index in [1.54, 1.807) is 7.11 Å². The summed E-state index contributed by atoms with van der Waals surface area (Å²) >= 11 is 0. The molecular weight excluding hydrogens is 418 g/mol. The molecule has 2 fully saturated rings. The Bertz CT molecular complexity index is 1130. The molecule has 168 valence electrons. The fourth-order valence-electron chi connectivity index (χ4n) is 5.46. The Morgan fingerprint density at radius 1 is 1.29 bits per heavy atom. The standard InChI is InChI=1S/C22H29N3O5S/c1-30-15-5-6-16-17(11-15)23-20-18(12-26)25(21(27)14-3-4-14)13-22(19(16)20)7-9-24(10-8-22)31(2,28)29/h5-6,11,14,18,23,26H,3-4,7-10,12-13H2,1-2H3/t18-/m0/s1. The Morgan fingerprint density at radius 2 is 2.00 bits per heavy atom. The number of hydrogen-bond acceptors (Lipinski definition) is 5. The molecule has 1 aromatic heterocycles. The third-order valence-electron chi connectivity index (χ3n) is 7.28. The summed E-state index contributed by atoms with van der Waals surface area (Å²) in [6.07, 6.45) is 4.33. The number of rotatable bonds is 4. The molecule has 3 heterocycles. The van der Waals surface area contributed by atoms with E-state index >= 15 is 0 Å². The summed E-state index contributed by atoms with van der Waals surface area (Å²) in [6.45, 7) is 1.21. The van der Waals surface area contributed by atoms with Crippen molar-refractivity contribution in [2.45, 2.75) is 37.1 Å². The van der Waals surface area contributed by atoms with Gasteiger partial charge in [-0.2, -0.15) is 0 Å². The molecule has 1 aliphatic carbocycles. The number of ether oxygens (including phenoxy) is 1. The van der Waals surface area contributed by atoms with Gasteiger partial charge in [0, 0.05) is 53.6 Å². The molecule has 2 N–H and O–H groups in total. The van der Waals surface area contributed by atoms with E-state index in [4.69, 9.17) is 4.74 Å². The molecule has 1 amide bonds. The van der Waals surface area contributed by atoms with Crippen LogP contribution >= 0.6 is 0 Å². The molecule has 1 saturated carbocycles. The number of nitrogens with zero attached hydrogens (tertiary/aromatic N) is 2. The Labute approximate surface area is 182 Å². The molecule has 1 saturated heterocycles. The molecule has 1 spiro atoms. The number of aliphatic hydroxyl groups is 1.